The number of anilines is 1. The van der Waals surface area contributed by atoms with Gasteiger partial charge in [-0.2, -0.15) is 0 Å². The number of nitrogens with one attached hydrogen (secondary N) is 1. The van der Waals surface area contributed by atoms with Gasteiger partial charge in [0, 0.05) is 16.5 Å². The summed E-state index contributed by atoms with van der Waals surface area (Å²) in [6.07, 6.45) is 1.94. The molecule has 0 spiro atoms. The Morgan fingerprint density at radius 1 is 0.810 bits per heavy atom. The van der Waals surface area contributed by atoms with Crippen LogP contribution in [0, 0.1) is 0 Å². The molecule has 0 aliphatic carbocycles. The molecule has 0 saturated heterocycles. The normalized spacial score (nSPS) is 15.2. The summed E-state index contributed by atoms with van der Waals surface area (Å²) >= 11 is 0. The SMILES string of the molecule is O=C1Nc2c(ccc3ccccc23)C1=Cc1ccccc1. The minimum absolute atomic E-state index is 0.0368. The molecule has 21 heavy (non-hydrogen) atoms. The van der Waals surface area contributed by atoms with Gasteiger partial charge >= 0.3 is 0 Å². The molecule has 3 aromatic carbocycles. The predicted octanol–water partition coefficient (Wildman–Crippen LogP) is 4.33. The first-order chi connectivity index (χ1) is 10.3. The third-order valence-electron chi connectivity index (χ3n) is 3.81. The highest BCUT2D eigenvalue weighted by molar-refractivity contribution is 6.37. The molecular formula is C19H13NO. The molecular weight excluding hydrogens is 258 g/mol. The van der Waals surface area contributed by atoms with E-state index in [1.807, 2.05) is 60.7 Å². The van der Waals surface area contributed by atoms with Crippen LogP contribution < -0.4 is 5.32 Å². The number of benzene rings is 3. The van der Waals surface area contributed by atoms with E-state index >= 15 is 0 Å². The Kier molecular flexibility index (Phi) is 2.61. The van der Waals surface area contributed by atoms with Gasteiger partial charge in [0.1, 0.15) is 0 Å². The van der Waals surface area contributed by atoms with Crippen molar-refractivity contribution in [3.63, 3.8) is 0 Å². The number of hydrogen-bond donors (Lipinski definition) is 1. The average molecular weight is 271 g/mol. The lowest BCUT2D eigenvalue weighted by Gasteiger charge is -2.04. The van der Waals surface area contributed by atoms with Crippen molar-refractivity contribution >= 4 is 34.0 Å². The summed E-state index contributed by atoms with van der Waals surface area (Å²) in [6.45, 7) is 0. The predicted molar refractivity (Wildman–Crippen MR) is 86.9 cm³/mol. The largest absolute Gasteiger partial charge is 0.321 e. The zero-order chi connectivity index (χ0) is 14.2. The molecule has 0 bridgehead atoms. The monoisotopic (exact) mass is 271 g/mol. The summed E-state index contributed by atoms with van der Waals surface area (Å²) in [5, 5.41) is 5.22. The summed E-state index contributed by atoms with van der Waals surface area (Å²) < 4.78 is 0. The Morgan fingerprint density at radius 3 is 2.43 bits per heavy atom. The van der Waals surface area contributed by atoms with Crippen molar-refractivity contribution in [1.82, 2.24) is 0 Å². The van der Waals surface area contributed by atoms with Crippen LogP contribution in [0.3, 0.4) is 0 Å². The smallest absolute Gasteiger partial charge is 0.256 e. The minimum atomic E-state index is -0.0368. The molecule has 1 aliphatic heterocycles. The van der Waals surface area contributed by atoms with Crippen molar-refractivity contribution < 1.29 is 4.79 Å². The van der Waals surface area contributed by atoms with Gasteiger partial charge in [-0.05, 0) is 17.0 Å². The number of fused-ring (bicyclic) bond motifs is 3. The van der Waals surface area contributed by atoms with Crippen molar-refractivity contribution in [2.45, 2.75) is 0 Å². The lowest BCUT2D eigenvalue weighted by Crippen LogP contribution is -2.03. The molecule has 3 aromatic rings. The summed E-state index contributed by atoms with van der Waals surface area (Å²) in [6, 6.07) is 22.1. The standard InChI is InChI=1S/C19H13NO/c21-19-17(12-13-6-2-1-3-7-13)16-11-10-14-8-4-5-9-15(14)18(16)20-19/h1-12H,(H,20,21). The van der Waals surface area contributed by atoms with Crippen LogP contribution >= 0.6 is 0 Å². The number of carbonyl (C=O) groups is 1. The number of carbonyl (C=O) groups excluding carboxylic acids is 1. The van der Waals surface area contributed by atoms with Gasteiger partial charge in [-0.1, -0.05) is 66.7 Å². The Morgan fingerprint density at radius 2 is 1.57 bits per heavy atom. The van der Waals surface area contributed by atoms with Gasteiger partial charge < -0.3 is 5.32 Å². The average Bonchev–Trinajstić information content (AvgIpc) is 2.85. The third kappa shape index (κ3) is 1.93. The van der Waals surface area contributed by atoms with Crippen LogP contribution in [0.25, 0.3) is 22.4 Å². The fourth-order valence-corrected chi connectivity index (χ4v) is 2.79. The highest BCUT2D eigenvalue weighted by Crippen LogP contribution is 2.38. The molecule has 1 N–H and O–H groups in total. The number of amides is 1. The lowest BCUT2D eigenvalue weighted by atomic mass is 10.00. The lowest BCUT2D eigenvalue weighted by molar-refractivity contribution is -0.110. The molecule has 0 atom stereocenters. The fraction of sp³-hybridized carbons (Fsp3) is 0. The third-order valence-corrected chi connectivity index (χ3v) is 3.81. The van der Waals surface area contributed by atoms with Crippen LogP contribution in [-0.2, 0) is 4.79 Å². The van der Waals surface area contributed by atoms with Crippen molar-refractivity contribution in [2.24, 2.45) is 0 Å². The zero-order valence-electron chi connectivity index (χ0n) is 11.3. The Labute approximate surface area is 122 Å². The summed E-state index contributed by atoms with van der Waals surface area (Å²) in [7, 11) is 0. The van der Waals surface area contributed by atoms with Gasteiger partial charge in [-0.3, -0.25) is 4.79 Å². The van der Waals surface area contributed by atoms with E-state index in [4.69, 9.17) is 0 Å². The number of hydrogen-bond acceptors (Lipinski definition) is 1. The van der Waals surface area contributed by atoms with E-state index in [-0.39, 0.29) is 5.91 Å². The van der Waals surface area contributed by atoms with Crippen LogP contribution in [0.4, 0.5) is 5.69 Å². The first kappa shape index (κ1) is 11.9. The maximum absolute atomic E-state index is 12.3. The zero-order valence-corrected chi connectivity index (χ0v) is 11.3. The van der Waals surface area contributed by atoms with Gasteiger partial charge in [-0.15, -0.1) is 0 Å². The van der Waals surface area contributed by atoms with Crippen molar-refractivity contribution in [3.05, 3.63) is 77.9 Å². The van der Waals surface area contributed by atoms with Crippen molar-refractivity contribution in [2.75, 3.05) is 5.32 Å². The van der Waals surface area contributed by atoms with Crippen LogP contribution in [-0.4, -0.2) is 5.91 Å². The van der Waals surface area contributed by atoms with Gasteiger partial charge in [0.15, 0.2) is 0 Å². The molecule has 2 heteroatoms. The van der Waals surface area contributed by atoms with E-state index in [0.29, 0.717) is 0 Å². The molecule has 1 amide bonds. The second-order valence-corrected chi connectivity index (χ2v) is 5.13. The van der Waals surface area contributed by atoms with E-state index in [9.17, 15) is 4.79 Å². The van der Waals surface area contributed by atoms with E-state index < -0.39 is 0 Å². The molecule has 0 unspecified atom stereocenters. The molecule has 0 radical (unpaired) electrons. The molecule has 1 aliphatic rings. The molecule has 0 aromatic heterocycles. The Balaban J connectivity index is 1.93. The highest BCUT2D eigenvalue weighted by Gasteiger charge is 2.25. The van der Waals surface area contributed by atoms with E-state index in [2.05, 4.69) is 17.4 Å². The van der Waals surface area contributed by atoms with E-state index in [1.165, 1.54) is 0 Å². The quantitative estimate of drug-likeness (QED) is 0.656. The number of rotatable bonds is 1. The second-order valence-electron chi connectivity index (χ2n) is 5.13. The van der Waals surface area contributed by atoms with E-state index in [0.717, 1.165) is 33.2 Å². The first-order valence-electron chi connectivity index (χ1n) is 6.93. The topological polar surface area (TPSA) is 29.1 Å². The maximum Gasteiger partial charge on any atom is 0.256 e. The molecule has 4 rings (SSSR count). The first-order valence-corrected chi connectivity index (χ1v) is 6.93. The minimum Gasteiger partial charge on any atom is -0.321 e. The Hall–Kier alpha value is -2.87. The fourth-order valence-electron chi connectivity index (χ4n) is 2.79. The van der Waals surface area contributed by atoms with E-state index in [1.54, 1.807) is 0 Å². The molecule has 2 nitrogen and oxygen atoms in total. The molecule has 0 saturated carbocycles. The highest BCUT2D eigenvalue weighted by atomic mass is 16.2. The van der Waals surface area contributed by atoms with Crippen LogP contribution in [0.5, 0.6) is 0 Å². The maximum atomic E-state index is 12.3. The van der Waals surface area contributed by atoms with Crippen molar-refractivity contribution in [1.29, 1.82) is 0 Å². The van der Waals surface area contributed by atoms with Crippen LogP contribution in [0.1, 0.15) is 11.1 Å². The second kappa shape index (κ2) is 4.60. The van der Waals surface area contributed by atoms with Gasteiger partial charge in [-0.25, -0.2) is 0 Å². The summed E-state index contributed by atoms with van der Waals surface area (Å²) in [5.74, 6) is -0.0368. The Bertz CT molecular complexity index is 878. The summed E-state index contributed by atoms with van der Waals surface area (Å²) in [5.41, 5.74) is 3.65. The van der Waals surface area contributed by atoms with Gasteiger partial charge in [0.2, 0.25) is 0 Å². The van der Waals surface area contributed by atoms with Crippen molar-refractivity contribution in [3.8, 4) is 0 Å². The van der Waals surface area contributed by atoms with Crippen LogP contribution in [0.2, 0.25) is 0 Å². The summed E-state index contributed by atoms with van der Waals surface area (Å²) in [4.78, 5) is 12.3. The van der Waals surface area contributed by atoms with Crippen LogP contribution in [0.15, 0.2) is 66.7 Å². The molecule has 100 valence electrons. The van der Waals surface area contributed by atoms with Gasteiger partial charge in [0.25, 0.3) is 5.91 Å². The van der Waals surface area contributed by atoms with Gasteiger partial charge in [0.05, 0.1) is 5.69 Å². The molecule has 0 fully saturated rings. The molecule has 1 heterocycles.